The van der Waals surface area contributed by atoms with Gasteiger partial charge in [-0.3, -0.25) is 0 Å². The number of piperidine rings is 1. The van der Waals surface area contributed by atoms with Crippen LogP contribution >= 0.6 is 12.4 Å². The van der Waals surface area contributed by atoms with Gasteiger partial charge in [0.25, 0.3) is 0 Å². The minimum Gasteiger partial charge on any atom is -0.314 e. The Morgan fingerprint density at radius 2 is 1.91 bits per heavy atom. The van der Waals surface area contributed by atoms with E-state index in [0.29, 0.717) is 25.0 Å². The van der Waals surface area contributed by atoms with Gasteiger partial charge in [-0.05, 0) is 56.3 Å². The third-order valence-electron chi connectivity index (χ3n) is 4.60. The summed E-state index contributed by atoms with van der Waals surface area (Å²) in [6.07, 6.45) is 4.17. The van der Waals surface area contributed by atoms with E-state index in [9.17, 15) is 12.8 Å². The molecule has 0 radical (unpaired) electrons. The van der Waals surface area contributed by atoms with Crippen molar-refractivity contribution < 1.29 is 12.8 Å². The molecule has 2 aliphatic heterocycles. The van der Waals surface area contributed by atoms with Crippen molar-refractivity contribution in [3.8, 4) is 0 Å². The summed E-state index contributed by atoms with van der Waals surface area (Å²) in [7, 11) is -3.56. The van der Waals surface area contributed by atoms with Gasteiger partial charge in [-0.15, -0.1) is 12.4 Å². The largest absolute Gasteiger partial charge is 0.314 e. The van der Waals surface area contributed by atoms with Gasteiger partial charge < -0.3 is 5.32 Å². The number of benzene rings is 1. The topological polar surface area (TPSA) is 49.4 Å². The van der Waals surface area contributed by atoms with Crippen molar-refractivity contribution in [3.63, 3.8) is 0 Å². The second-order valence-electron chi connectivity index (χ2n) is 5.90. The molecule has 1 N–H and O–H groups in total. The van der Waals surface area contributed by atoms with E-state index < -0.39 is 15.8 Å². The predicted molar refractivity (Wildman–Crippen MR) is 86.2 cm³/mol. The number of halogens is 2. The summed E-state index contributed by atoms with van der Waals surface area (Å²) in [5.74, 6) is 0.0487. The number of nitrogens with zero attached hydrogens (tertiary/aromatic N) is 1. The van der Waals surface area contributed by atoms with Gasteiger partial charge in [0.2, 0.25) is 10.0 Å². The van der Waals surface area contributed by atoms with E-state index in [0.717, 1.165) is 25.5 Å². The Morgan fingerprint density at radius 3 is 2.50 bits per heavy atom. The molecule has 2 fully saturated rings. The van der Waals surface area contributed by atoms with Gasteiger partial charge in [0.1, 0.15) is 5.82 Å². The van der Waals surface area contributed by atoms with Crippen molar-refractivity contribution in [2.75, 3.05) is 19.6 Å². The molecule has 124 valence electrons. The molecule has 0 amide bonds. The van der Waals surface area contributed by atoms with Gasteiger partial charge >= 0.3 is 0 Å². The monoisotopic (exact) mass is 348 g/mol. The van der Waals surface area contributed by atoms with Crippen LogP contribution in [0.5, 0.6) is 0 Å². The Kier molecular flexibility index (Phi) is 5.82. The molecule has 3 rings (SSSR count). The van der Waals surface area contributed by atoms with Crippen LogP contribution in [-0.4, -0.2) is 38.4 Å². The van der Waals surface area contributed by atoms with E-state index in [-0.39, 0.29) is 17.3 Å². The first-order valence-electron chi connectivity index (χ1n) is 7.56. The maximum Gasteiger partial charge on any atom is 0.243 e. The van der Waals surface area contributed by atoms with Gasteiger partial charge in [0.15, 0.2) is 0 Å². The zero-order valence-corrected chi connectivity index (χ0v) is 14.0. The van der Waals surface area contributed by atoms with Gasteiger partial charge in [0, 0.05) is 19.1 Å². The maximum absolute atomic E-state index is 13.2. The van der Waals surface area contributed by atoms with Gasteiger partial charge in [-0.25, -0.2) is 12.8 Å². The highest BCUT2D eigenvalue weighted by Crippen LogP contribution is 2.28. The van der Waals surface area contributed by atoms with Crippen molar-refractivity contribution in [2.45, 2.75) is 36.6 Å². The fraction of sp³-hybridized carbons (Fsp3) is 0.600. The lowest BCUT2D eigenvalue weighted by atomic mass is 9.89. The van der Waals surface area contributed by atoms with Crippen molar-refractivity contribution in [1.82, 2.24) is 9.62 Å². The van der Waals surface area contributed by atoms with E-state index in [1.807, 2.05) is 0 Å². The Bertz CT molecular complexity index is 597. The van der Waals surface area contributed by atoms with E-state index in [1.165, 1.54) is 35.3 Å². The first kappa shape index (κ1) is 17.7. The molecule has 7 heteroatoms. The van der Waals surface area contributed by atoms with Crippen LogP contribution in [0.2, 0.25) is 0 Å². The average molecular weight is 349 g/mol. The van der Waals surface area contributed by atoms with Crippen LogP contribution in [0.3, 0.4) is 0 Å². The van der Waals surface area contributed by atoms with Crippen molar-refractivity contribution in [3.05, 3.63) is 30.1 Å². The minimum atomic E-state index is -3.56. The molecule has 0 saturated carbocycles. The van der Waals surface area contributed by atoms with Crippen LogP contribution < -0.4 is 5.32 Å². The standard InChI is InChI=1S/C15H21FN2O2S.ClH/c16-13-3-1-4-14(11-13)21(19,20)18-9-6-12(7-10-18)15-5-2-8-17-15;/h1,3-4,11-12,15,17H,2,5-10H2;1H. The molecule has 2 saturated heterocycles. The molecular formula is C15H22ClFN2O2S. The summed E-state index contributed by atoms with van der Waals surface area (Å²) in [6, 6.07) is 5.81. The number of rotatable bonds is 3. The van der Waals surface area contributed by atoms with Gasteiger partial charge in [-0.2, -0.15) is 4.31 Å². The lowest BCUT2D eigenvalue weighted by Crippen LogP contribution is -2.43. The predicted octanol–water partition coefficient (Wildman–Crippen LogP) is 2.40. The lowest BCUT2D eigenvalue weighted by Gasteiger charge is -2.34. The number of hydrogen-bond donors (Lipinski definition) is 1. The Balaban J connectivity index is 0.00000176. The van der Waals surface area contributed by atoms with Crippen molar-refractivity contribution >= 4 is 22.4 Å². The minimum absolute atomic E-state index is 0. The highest BCUT2D eigenvalue weighted by molar-refractivity contribution is 7.89. The van der Waals surface area contributed by atoms with Crippen LogP contribution in [0.25, 0.3) is 0 Å². The average Bonchev–Trinajstić information content (AvgIpc) is 3.02. The molecule has 2 aliphatic rings. The summed E-state index contributed by atoms with van der Waals surface area (Å²) >= 11 is 0. The molecule has 1 aromatic carbocycles. The van der Waals surface area contributed by atoms with E-state index in [2.05, 4.69) is 5.32 Å². The van der Waals surface area contributed by atoms with Crippen LogP contribution in [0.4, 0.5) is 4.39 Å². The normalized spacial score (nSPS) is 24.1. The van der Waals surface area contributed by atoms with Crippen molar-refractivity contribution in [2.24, 2.45) is 5.92 Å². The number of nitrogens with one attached hydrogen (secondary N) is 1. The smallest absolute Gasteiger partial charge is 0.243 e. The molecule has 0 spiro atoms. The maximum atomic E-state index is 13.2. The molecule has 22 heavy (non-hydrogen) atoms. The molecule has 0 aliphatic carbocycles. The molecular weight excluding hydrogens is 327 g/mol. The molecule has 1 aromatic rings. The summed E-state index contributed by atoms with van der Waals surface area (Å²) < 4.78 is 39.8. The molecule has 1 unspecified atom stereocenters. The first-order valence-corrected chi connectivity index (χ1v) is 9.00. The summed E-state index contributed by atoms with van der Waals surface area (Å²) in [5.41, 5.74) is 0. The molecule has 1 atom stereocenters. The fourth-order valence-electron chi connectivity index (χ4n) is 3.41. The summed E-state index contributed by atoms with van der Waals surface area (Å²) in [4.78, 5) is 0.0555. The van der Waals surface area contributed by atoms with Gasteiger partial charge in [0.05, 0.1) is 4.90 Å². The fourth-order valence-corrected chi connectivity index (χ4v) is 4.91. The second kappa shape index (κ2) is 7.25. The zero-order chi connectivity index (χ0) is 14.9. The Labute approximate surface area is 137 Å². The molecule has 4 nitrogen and oxygen atoms in total. The SMILES string of the molecule is Cl.O=S(=O)(c1cccc(F)c1)N1CCC(C2CCCN2)CC1. The third-order valence-corrected chi connectivity index (χ3v) is 6.49. The van der Waals surface area contributed by atoms with E-state index in [4.69, 9.17) is 0 Å². The van der Waals surface area contributed by atoms with Crippen LogP contribution in [0.1, 0.15) is 25.7 Å². The second-order valence-corrected chi connectivity index (χ2v) is 7.84. The highest BCUT2D eigenvalue weighted by Gasteiger charge is 2.33. The third kappa shape index (κ3) is 3.62. The summed E-state index contributed by atoms with van der Waals surface area (Å²) in [5, 5.41) is 3.50. The highest BCUT2D eigenvalue weighted by atomic mass is 35.5. The van der Waals surface area contributed by atoms with E-state index >= 15 is 0 Å². The Hall–Kier alpha value is -0.690. The van der Waals surface area contributed by atoms with Crippen LogP contribution in [0.15, 0.2) is 29.2 Å². The molecule has 0 bridgehead atoms. The number of sulfonamides is 1. The lowest BCUT2D eigenvalue weighted by molar-refractivity contribution is 0.234. The van der Waals surface area contributed by atoms with Crippen LogP contribution in [-0.2, 0) is 10.0 Å². The molecule has 0 aromatic heterocycles. The molecule has 2 heterocycles. The van der Waals surface area contributed by atoms with Crippen LogP contribution in [0, 0.1) is 11.7 Å². The van der Waals surface area contributed by atoms with Crippen molar-refractivity contribution in [1.29, 1.82) is 0 Å². The summed E-state index contributed by atoms with van der Waals surface area (Å²) in [6.45, 7) is 2.13. The Morgan fingerprint density at radius 1 is 1.18 bits per heavy atom. The first-order chi connectivity index (χ1) is 10.1. The zero-order valence-electron chi connectivity index (χ0n) is 12.4. The van der Waals surface area contributed by atoms with Gasteiger partial charge in [-0.1, -0.05) is 6.07 Å². The quantitative estimate of drug-likeness (QED) is 0.912. The number of hydrogen-bond acceptors (Lipinski definition) is 3. The van der Waals surface area contributed by atoms with E-state index in [1.54, 1.807) is 0 Å².